The Labute approximate surface area is 287 Å². The van der Waals surface area contributed by atoms with Crippen molar-refractivity contribution in [3.63, 3.8) is 0 Å². The summed E-state index contributed by atoms with van der Waals surface area (Å²) in [6.45, 7) is 6.70. The van der Waals surface area contributed by atoms with E-state index in [0.29, 0.717) is 0 Å². The van der Waals surface area contributed by atoms with Crippen LogP contribution in [0.3, 0.4) is 0 Å². The molecule has 6 heteroatoms. The Morgan fingerprint density at radius 2 is 1.41 bits per heavy atom. The van der Waals surface area contributed by atoms with Crippen LogP contribution in [0.1, 0.15) is 37.5 Å². The molecule has 0 radical (unpaired) electrons. The first-order valence-corrected chi connectivity index (χ1v) is 20.5. The molecule has 4 aliphatic heterocycles. The quantitative estimate of drug-likeness (QED) is 0.162. The molecule has 49 heavy (non-hydrogen) atoms. The number of rotatable bonds is 2. The van der Waals surface area contributed by atoms with Crippen LogP contribution in [0.5, 0.6) is 11.5 Å². The molecule has 0 fully saturated rings. The second-order valence-electron chi connectivity index (χ2n) is 14.6. The Kier molecular flexibility index (Phi) is 5.06. The third kappa shape index (κ3) is 3.23. The fourth-order valence-electron chi connectivity index (χ4n) is 8.80. The van der Waals surface area contributed by atoms with E-state index >= 15 is 3.74 Å². The van der Waals surface area contributed by atoms with Gasteiger partial charge in [-0.15, -0.1) is 0 Å². The summed E-state index contributed by atoms with van der Waals surface area (Å²) in [5, 5.41) is 0. The van der Waals surface area contributed by atoms with Crippen LogP contribution < -0.4 is 27.2 Å². The van der Waals surface area contributed by atoms with Gasteiger partial charge in [-0.2, -0.15) is 0 Å². The average molecular weight is 698 g/mol. The topological polar surface area (TPSA) is 39.0 Å². The third-order valence-electron chi connectivity index (χ3n) is 11.0. The molecule has 7 aromatic rings. The normalized spacial score (nSPS) is 19.7. The summed E-state index contributed by atoms with van der Waals surface area (Å²) in [7, 11) is 0. The van der Waals surface area contributed by atoms with Crippen molar-refractivity contribution in [3.05, 3.63) is 157 Å². The van der Waals surface area contributed by atoms with Crippen molar-refractivity contribution in [2.24, 2.45) is 0 Å². The molecule has 0 N–H and O–H groups in total. The minimum atomic E-state index is -4.21. The fourth-order valence-corrected chi connectivity index (χ4v) is 16.1. The minimum absolute atomic E-state index is 0.118. The van der Waals surface area contributed by atoms with E-state index in [1.54, 1.807) is 0 Å². The molecule has 5 nitrogen and oxygen atoms in total. The van der Waals surface area contributed by atoms with E-state index < -0.39 is 19.2 Å². The number of hydrogen-bond donors (Lipinski definition) is 0. The maximum atomic E-state index is 16.3. The zero-order chi connectivity index (χ0) is 32.9. The fraction of sp³-hybridized carbons (Fsp3) is 0.116. The second kappa shape index (κ2) is 8.99. The van der Waals surface area contributed by atoms with Crippen LogP contribution in [-0.2, 0) is 14.8 Å². The van der Waals surface area contributed by atoms with Gasteiger partial charge in [-0.3, -0.25) is 0 Å². The van der Waals surface area contributed by atoms with Gasteiger partial charge in [0.1, 0.15) is 0 Å². The molecule has 234 valence electrons. The second-order valence-corrected chi connectivity index (χ2v) is 20.1. The number of benzene rings is 5. The van der Waals surface area contributed by atoms with Crippen molar-refractivity contribution in [2.75, 3.05) is 0 Å². The van der Waals surface area contributed by atoms with E-state index in [0.717, 1.165) is 63.8 Å². The molecule has 5 aromatic carbocycles. The summed E-state index contributed by atoms with van der Waals surface area (Å²) < 4.78 is 32.9. The average Bonchev–Trinajstić information content (AvgIpc) is 3.77. The van der Waals surface area contributed by atoms with Crippen molar-refractivity contribution < 1.29 is 17.7 Å². The molecule has 1 spiro atoms. The number of pyridine rings is 1. The molecule has 0 aliphatic carbocycles. The van der Waals surface area contributed by atoms with Gasteiger partial charge in [0, 0.05) is 0 Å². The molecule has 0 amide bonds. The molecule has 0 bridgehead atoms. The zero-order valence-corrected chi connectivity index (χ0v) is 29.3. The van der Waals surface area contributed by atoms with Crippen molar-refractivity contribution in [1.82, 2.24) is 4.68 Å². The summed E-state index contributed by atoms with van der Waals surface area (Å²) in [6, 6.07) is 42.7. The summed E-state index contributed by atoms with van der Waals surface area (Å²) in [5.41, 5.74) is 10.1. The first kappa shape index (κ1) is 27.6. The summed E-state index contributed by atoms with van der Waals surface area (Å²) in [6.07, 6.45) is 6.71. The monoisotopic (exact) mass is 697 g/mol. The summed E-state index contributed by atoms with van der Waals surface area (Å²) >= 11 is -4.21. The SMILES string of the molecule is CC(C)(C)c1cc[n+]2c(c1)[As]1(=O)c3ccccc3-c3ccc4c(c31)C21c2c(cccc2-n2cc(-c3ccc(-c5ccccc5)cc3)c[n+]21)O4. The molecule has 11 rings (SSSR count). The Balaban J connectivity index is 1.24. The van der Waals surface area contributed by atoms with Crippen LogP contribution in [-0.4, -0.2) is 18.2 Å². The first-order chi connectivity index (χ1) is 23.8. The van der Waals surface area contributed by atoms with Gasteiger partial charge in [0.05, 0.1) is 0 Å². The van der Waals surface area contributed by atoms with Crippen LogP contribution in [0.4, 0.5) is 0 Å². The first-order valence-electron chi connectivity index (χ1n) is 16.9. The molecular formula is C43H32AsN3O2+2. The van der Waals surface area contributed by atoms with Crippen LogP contribution in [0, 0.1) is 0 Å². The van der Waals surface area contributed by atoms with Gasteiger partial charge in [-0.1, -0.05) is 18.2 Å². The molecular weight excluding hydrogens is 665 g/mol. The molecule has 0 saturated carbocycles. The van der Waals surface area contributed by atoms with E-state index in [4.69, 9.17) is 4.74 Å². The van der Waals surface area contributed by atoms with Gasteiger partial charge < -0.3 is 0 Å². The van der Waals surface area contributed by atoms with Gasteiger partial charge in [-0.05, 0) is 0 Å². The van der Waals surface area contributed by atoms with E-state index in [1.165, 1.54) is 16.7 Å². The Bertz CT molecular complexity index is 2650. The van der Waals surface area contributed by atoms with Crippen LogP contribution in [0.25, 0.3) is 39.1 Å². The van der Waals surface area contributed by atoms with Crippen molar-refractivity contribution >= 4 is 26.7 Å². The van der Waals surface area contributed by atoms with Crippen LogP contribution >= 0.6 is 0 Å². The maximum absolute atomic E-state index is 16.3. The van der Waals surface area contributed by atoms with Crippen LogP contribution in [0.2, 0.25) is 0 Å². The van der Waals surface area contributed by atoms with Gasteiger partial charge in [-0.25, -0.2) is 0 Å². The Morgan fingerprint density at radius 1 is 0.694 bits per heavy atom. The number of fused-ring (bicyclic) bond motifs is 7. The molecule has 4 aliphatic rings. The molecule has 0 saturated heterocycles. The Morgan fingerprint density at radius 3 is 2.20 bits per heavy atom. The Hall–Kier alpha value is -5.38. The molecule has 6 heterocycles. The summed E-state index contributed by atoms with van der Waals surface area (Å²) in [5.74, 6) is 1.60. The van der Waals surface area contributed by atoms with E-state index in [1.807, 2.05) is 12.1 Å². The molecule has 2 atom stereocenters. The summed E-state index contributed by atoms with van der Waals surface area (Å²) in [4.78, 5) is 0. The number of nitrogens with zero attached hydrogens (tertiary/aromatic N) is 3. The predicted octanol–water partition coefficient (Wildman–Crippen LogP) is 6.09. The van der Waals surface area contributed by atoms with Gasteiger partial charge in [0.15, 0.2) is 0 Å². The van der Waals surface area contributed by atoms with Crippen LogP contribution in [0.15, 0.2) is 140 Å². The zero-order valence-electron chi connectivity index (χ0n) is 27.4. The van der Waals surface area contributed by atoms with E-state index in [2.05, 4.69) is 162 Å². The van der Waals surface area contributed by atoms with Gasteiger partial charge >= 0.3 is 270 Å². The predicted molar refractivity (Wildman–Crippen MR) is 191 cm³/mol. The van der Waals surface area contributed by atoms with Gasteiger partial charge in [0.25, 0.3) is 0 Å². The van der Waals surface area contributed by atoms with Crippen molar-refractivity contribution in [3.8, 4) is 50.6 Å². The number of aromatic nitrogens is 3. The van der Waals surface area contributed by atoms with E-state index in [-0.39, 0.29) is 5.41 Å². The molecule has 2 unspecified atom stereocenters. The van der Waals surface area contributed by atoms with Gasteiger partial charge in [0.2, 0.25) is 0 Å². The van der Waals surface area contributed by atoms with E-state index in [9.17, 15) is 0 Å². The standard InChI is InChI=1S/C43H32AsN3O2/c1-42(2,3)31-22-23-45-38(24-31)44(48)34-13-8-7-12-32(34)33-20-21-37-40(41(33)44)43(45)39-35(14-9-15-36(39)49-37)46-25-30(26-47(43)46)29-18-16-28(17-19-29)27-10-5-4-6-11-27/h4-26H,1-3H3/q+2. The molecule has 2 aromatic heterocycles. The van der Waals surface area contributed by atoms with Crippen molar-refractivity contribution in [1.29, 1.82) is 0 Å². The van der Waals surface area contributed by atoms with Crippen molar-refractivity contribution in [2.45, 2.75) is 31.8 Å². The third-order valence-corrected chi connectivity index (χ3v) is 17.7. The number of ether oxygens (including phenoxy) is 1. The number of hydrogen-bond acceptors (Lipinski definition) is 2.